The van der Waals surface area contributed by atoms with Crippen molar-refractivity contribution in [3.05, 3.63) is 54.1 Å². The molecule has 42 heavy (non-hydrogen) atoms. The number of hydrogen-bond donors (Lipinski definition) is 1. The van der Waals surface area contributed by atoms with Gasteiger partial charge in [0, 0.05) is 24.7 Å². The van der Waals surface area contributed by atoms with Crippen LogP contribution in [0.4, 0.5) is 13.2 Å². The second-order valence-electron chi connectivity index (χ2n) is 12.7. The molecule has 1 N–H and O–H groups in total. The van der Waals surface area contributed by atoms with Crippen molar-refractivity contribution in [1.82, 2.24) is 0 Å². The van der Waals surface area contributed by atoms with Gasteiger partial charge in [-0.15, -0.1) is 0 Å². The van der Waals surface area contributed by atoms with Gasteiger partial charge in [-0.3, -0.25) is 9.59 Å². The molecule has 1 aliphatic rings. The third-order valence-electron chi connectivity index (χ3n) is 7.78. The number of esters is 1. The first-order valence-corrected chi connectivity index (χ1v) is 17.5. The highest BCUT2D eigenvalue weighted by Gasteiger charge is 2.41. The third-order valence-corrected chi connectivity index (χ3v) is 12.3. The van der Waals surface area contributed by atoms with Crippen LogP contribution in [-0.2, 0) is 24.9 Å². The van der Waals surface area contributed by atoms with Crippen molar-refractivity contribution in [3.8, 4) is 5.75 Å². The molecule has 1 aromatic carbocycles. The number of halogens is 3. The van der Waals surface area contributed by atoms with Gasteiger partial charge < -0.3 is 19.0 Å². The molecule has 236 valence electrons. The number of unbranched alkanes of at least 4 members (excludes halogenated alkanes) is 1. The Morgan fingerprint density at radius 1 is 1.17 bits per heavy atom. The number of carbonyl (C=O) groups is 2. The molecule has 1 aliphatic carbocycles. The summed E-state index contributed by atoms with van der Waals surface area (Å²) in [5.41, 5.74) is -0.795. The number of benzene rings is 1. The Morgan fingerprint density at radius 3 is 2.48 bits per heavy atom. The van der Waals surface area contributed by atoms with Crippen LogP contribution in [0, 0.1) is 11.8 Å². The minimum Gasteiger partial charge on any atom is -0.491 e. The lowest BCUT2D eigenvalue weighted by molar-refractivity contribution is -0.147. The molecule has 1 fully saturated rings. The predicted octanol–water partition coefficient (Wildman–Crippen LogP) is 7.67. The molecule has 0 heterocycles. The van der Waals surface area contributed by atoms with Gasteiger partial charge in [0.25, 0.3) is 0 Å². The van der Waals surface area contributed by atoms with E-state index in [1.54, 1.807) is 26.0 Å². The van der Waals surface area contributed by atoms with Crippen molar-refractivity contribution in [1.29, 1.82) is 0 Å². The number of ketones is 1. The summed E-state index contributed by atoms with van der Waals surface area (Å²) in [4.78, 5) is 24.4. The molecule has 0 unspecified atom stereocenters. The summed E-state index contributed by atoms with van der Waals surface area (Å²) in [6, 6.07) is 4.72. The number of aliphatic hydroxyl groups excluding tert-OH is 1. The maximum Gasteiger partial charge on any atom is 0.416 e. The first-order chi connectivity index (χ1) is 19.4. The van der Waals surface area contributed by atoms with E-state index < -0.39 is 44.1 Å². The summed E-state index contributed by atoms with van der Waals surface area (Å²) in [7, 11) is -2.31. The van der Waals surface area contributed by atoms with Crippen molar-refractivity contribution < 1.29 is 41.8 Å². The standard InChI is InChI=1S/C32H47F3O6Si/c1-22(2)40-30(38)16-11-9-8-10-15-26-27(29(37)20-28(26)36)18-17-25(41-42(6,7)31(3,4)5)21-39-24-14-12-13-23(19-24)32(33,34)35/h8,10,12-14,17-19,22,25-27,29,37H,9,11,15-16,20-21H2,1-7H3/b10-8-,18-17+/t25-,26-,27-,29-/m1/s1. The minimum atomic E-state index is -4.48. The maximum absolute atomic E-state index is 13.2. The number of hydrogen-bond acceptors (Lipinski definition) is 6. The number of ether oxygens (including phenoxy) is 2. The largest absolute Gasteiger partial charge is 0.491 e. The first kappa shape index (κ1) is 35.8. The zero-order chi connectivity index (χ0) is 31.7. The van der Waals surface area contributed by atoms with Gasteiger partial charge in [-0.05, 0) is 69.4 Å². The minimum absolute atomic E-state index is 0.0229. The molecule has 0 saturated heterocycles. The normalized spacial score (nSPS) is 21.0. The van der Waals surface area contributed by atoms with Crippen LogP contribution in [0.3, 0.4) is 0 Å². The fourth-order valence-corrected chi connectivity index (χ4v) is 5.71. The number of allylic oxidation sites excluding steroid dienone is 2. The molecule has 0 aliphatic heterocycles. The van der Waals surface area contributed by atoms with Gasteiger partial charge in [-0.25, -0.2) is 0 Å². The van der Waals surface area contributed by atoms with E-state index in [0.29, 0.717) is 25.7 Å². The first-order valence-electron chi connectivity index (χ1n) is 14.6. The zero-order valence-electron chi connectivity index (χ0n) is 25.9. The molecule has 10 heteroatoms. The van der Waals surface area contributed by atoms with E-state index in [0.717, 1.165) is 12.1 Å². The van der Waals surface area contributed by atoms with Gasteiger partial charge in [0.1, 0.15) is 18.1 Å². The monoisotopic (exact) mass is 612 g/mol. The number of alkyl halides is 3. The van der Waals surface area contributed by atoms with Crippen LogP contribution in [0.15, 0.2) is 48.6 Å². The molecule has 0 spiro atoms. The third kappa shape index (κ3) is 11.3. The molecule has 0 bridgehead atoms. The quantitative estimate of drug-likeness (QED) is 0.101. The van der Waals surface area contributed by atoms with Crippen LogP contribution in [-0.4, -0.2) is 50.1 Å². The zero-order valence-corrected chi connectivity index (χ0v) is 26.9. The van der Waals surface area contributed by atoms with Crippen LogP contribution < -0.4 is 4.74 Å². The lowest BCUT2D eigenvalue weighted by Gasteiger charge is -2.38. The van der Waals surface area contributed by atoms with Crippen LogP contribution in [0.25, 0.3) is 0 Å². The smallest absolute Gasteiger partial charge is 0.416 e. The van der Waals surface area contributed by atoms with E-state index in [9.17, 15) is 27.9 Å². The summed E-state index contributed by atoms with van der Waals surface area (Å²) >= 11 is 0. The molecular formula is C32H47F3O6Si. The summed E-state index contributed by atoms with van der Waals surface area (Å²) < 4.78 is 57.0. The fraction of sp³-hybridized carbons (Fsp3) is 0.625. The van der Waals surface area contributed by atoms with Crippen LogP contribution in [0.5, 0.6) is 5.75 Å². The topological polar surface area (TPSA) is 82.1 Å². The van der Waals surface area contributed by atoms with Crippen LogP contribution in [0.2, 0.25) is 18.1 Å². The molecular weight excluding hydrogens is 565 g/mol. The Kier molecular flexibility index (Phi) is 13.1. The Balaban J connectivity index is 2.12. The average Bonchev–Trinajstić information content (AvgIpc) is 3.13. The number of carbonyl (C=O) groups excluding carboxylic acids is 2. The molecule has 6 nitrogen and oxygen atoms in total. The molecule has 1 aromatic rings. The highest BCUT2D eigenvalue weighted by molar-refractivity contribution is 6.74. The highest BCUT2D eigenvalue weighted by atomic mass is 28.4. The van der Waals surface area contributed by atoms with E-state index in [-0.39, 0.29) is 41.7 Å². The van der Waals surface area contributed by atoms with Crippen LogP contribution >= 0.6 is 0 Å². The van der Waals surface area contributed by atoms with Crippen molar-refractivity contribution >= 4 is 20.1 Å². The molecule has 4 atom stereocenters. The summed E-state index contributed by atoms with van der Waals surface area (Å²) in [6.45, 7) is 14.0. The van der Waals surface area contributed by atoms with E-state index in [4.69, 9.17) is 13.9 Å². The summed E-state index contributed by atoms with van der Waals surface area (Å²) in [5, 5.41) is 10.5. The molecule has 0 amide bonds. The van der Waals surface area contributed by atoms with Gasteiger partial charge in [0.15, 0.2) is 8.32 Å². The fourth-order valence-electron chi connectivity index (χ4n) is 4.45. The van der Waals surface area contributed by atoms with Crippen molar-refractivity contribution in [3.63, 3.8) is 0 Å². The average molecular weight is 613 g/mol. The van der Waals surface area contributed by atoms with Crippen molar-refractivity contribution in [2.24, 2.45) is 11.8 Å². The molecule has 0 aromatic heterocycles. The predicted molar refractivity (Wildman–Crippen MR) is 160 cm³/mol. The summed E-state index contributed by atoms with van der Waals surface area (Å²) in [6.07, 6.45) is 3.52. The Morgan fingerprint density at radius 2 is 1.86 bits per heavy atom. The van der Waals surface area contributed by atoms with E-state index in [2.05, 4.69) is 33.9 Å². The summed E-state index contributed by atoms with van der Waals surface area (Å²) in [5.74, 6) is -1.01. The molecule has 0 radical (unpaired) electrons. The number of rotatable bonds is 14. The lowest BCUT2D eigenvalue weighted by Crippen LogP contribution is -2.45. The highest BCUT2D eigenvalue weighted by Crippen LogP contribution is 2.38. The van der Waals surface area contributed by atoms with Gasteiger partial charge in [-0.2, -0.15) is 13.2 Å². The Bertz CT molecular complexity index is 1090. The van der Waals surface area contributed by atoms with E-state index in [1.165, 1.54) is 12.1 Å². The van der Waals surface area contributed by atoms with Crippen molar-refractivity contribution in [2.45, 2.75) is 109 Å². The van der Waals surface area contributed by atoms with Gasteiger partial charge in [0.05, 0.1) is 23.9 Å². The van der Waals surface area contributed by atoms with E-state index >= 15 is 0 Å². The second kappa shape index (κ2) is 15.3. The van der Waals surface area contributed by atoms with Crippen LogP contribution in [0.1, 0.15) is 72.3 Å². The number of aliphatic hydroxyl groups is 1. The number of Topliss-reactive ketones (excluding diaryl/α,β-unsaturated/α-hetero) is 1. The Hall–Kier alpha value is -2.43. The lowest BCUT2D eigenvalue weighted by atomic mass is 9.90. The second-order valence-corrected chi connectivity index (χ2v) is 17.5. The van der Waals surface area contributed by atoms with Gasteiger partial charge >= 0.3 is 12.1 Å². The Labute approximate surface area is 249 Å². The SMILES string of the molecule is CC(C)OC(=O)CCC/C=C\C[C@H]1C(=O)C[C@@H](O)[C@@H]1/C=C/[C@H](COc1cccc(C(F)(F)F)c1)O[Si](C)(C)C(C)(C)C. The van der Waals surface area contributed by atoms with Crippen molar-refractivity contribution in [2.75, 3.05) is 6.61 Å². The maximum atomic E-state index is 13.2. The molecule has 1 saturated carbocycles. The van der Waals surface area contributed by atoms with Gasteiger partial charge in [0.2, 0.25) is 0 Å². The van der Waals surface area contributed by atoms with Gasteiger partial charge in [-0.1, -0.05) is 51.1 Å². The van der Waals surface area contributed by atoms with E-state index in [1.807, 2.05) is 12.2 Å². The molecule has 2 rings (SSSR count).